The van der Waals surface area contributed by atoms with E-state index in [2.05, 4.69) is 35.2 Å². The van der Waals surface area contributed by atoms with Gasteiger partial charge in [0, 0.05) is 12.6 Å². The highest BCUT2D eigenvalue weighted by Crippen LogP contribution is 2.21. The molecule has 1 unspecified atom stereocenters. The maximum atomic E-state index is 5.13. The van der Waals surface area contributed by atoms with Crippen LogP contribution in [0.5, 0.6) is 0 Å². The smallest absolute Gasteiger partial charge is 0.0694 e. The average Bonchev–Trinajstić information content (AvgIpc) is 2.39. The maximum Gasteiger partial charge on any atom is 0.0694 e. The molecule has 1 saturated heterocycles. The van der Waals surface area contributed by atoms with E-state index in [0.717, 1.165) is 13.0 Å². The zero-order valence-electron chi connectivity index (χ0n) is 10.3. The summed E-state index contributed by atoms with van der Waals surface area (Å²) >= 11 is 0. The van der Waals surface area contributed by atoms with Crippen molar-refractivity contribution in [2.24, 2.45) is 5.90 Å². The van der Waals surface area contributed by atoms with Gasteiger partial charge < -0.3 is 4.84 Å². The second-order valence-corrected chi connectivity index (χ2v) is 4.77. The van der Waals surface area contributed by atoms with Crippen molar-refractivity contribution in [1.82, 2.24) is 4.90 Å². The van der Waals surface area contributed by atoms with Crippen molar-refractivity contribution in [3.63, 3.8) is 0 Å². The number of likely N-dealkylation sites (tertiary alicyclic amines) is 1. The second-order valence-electron chi connectivity index (χ2n) is 4.77. The molecule has 0 aromatic heterocycles. The Bertz CT molecular complexity index is 315. The van der Waals surface area contributed by atoms with Gasteiger partial charge in [-0.25, -0.2) is 5.90 Å². The first-order valence-electron chi connectivity index (χ1n) is 6.50. The molecule has 0 saturated carbocycles. The van der Waals surface area contributed by atoms with Crippen molar-refractivity contribution < 1.29 is 4.84 Å². The Hall–Kier alpha value is -0.900. The molecule has 1 aliphatic heterocycles. The van der Waals surface area contributed by atoms with Crippen LogP contribution in [0, 0.1) is 0 Å². The number of rotatable bonds is 5. The summed E-state index contributed by atoms with van der Waals surface area (Å²) in [6.07, 6.45) is 4.97. The van der Waals surface area contributed by atoms with Crippen LogP contribution >= 0.6 is 0 Å². The van der Waals surface area contributed by atoms with Crippen molar-refractivity contribution in [2.75, 3.05) is 13.2 Å². The van der Waals surface area contributed by atoms with E-state index in [-0.39, 0.29) is 0 Å². The zero-order chi connectivity index (χ0) is 11.9. The first-order chi connectivity index (χ1) is 8.40. The number of nitrogens with two attached hydrogens (primary N) is 1. The molecule has 1 aromatic carbocycles. The van der Waals surface area contributed by atoms with E-state index in [1.807, 2.05) is 0 Å². The van der Waals surface area contributed by atoms with Gasteiger partial charge in [-0.15, -0.1) is 0 Å². The predicted molar refractivity (Wildman–Crippen MR) is 69.2 cm³/mol. The molecule has 94 valence electrons. The molecule has 3 heteroatoms. The molecule has 2 rings (SSSR count). The van der Waals surface area contributed by atoms with Crippen LogP contribution in [0.1, 0.15) is 31.2 Å². The van der Waals surface area contributed by atoms with Gasteiger partial charge in [0.1, 0.15) is 0 Å². The van der Waals surface area contributed by atoms with Crippen LogP contribution in [0.3, 0.4) is 0 Å². The summed E-state index contributed by atoms with van der Waals surface area (Å²) in [4.78, 5) is 7.28. The fourth-order valence-electron chi connectivity index (χ4n) is 2.62. The van der Waals surface area contributed by atoms with E-state index < -0.39 is 0 Å². The van der Waals surface area contributed by atoms with Crippen LogP contribution in [0.2, 0.25) is 0 Å². The first-order valence-corrected chi connectivity index (χ1v) is 6.50. The minimum atomic E-state index is 0.632. The molecule has 1 aromatic rings. The molecule has 1 atom stereocenters. The van der Waals surface area contributed by atoms with Gasteiger partial charge in [-0.2, -0.15) is 0 Å². The highest BCUT2D eigenvalue weighted by atomic mass is 16.6. The third-order valence-corrected chi connectivity index (χ3v) is 3.55. The molecule has 3 nitrogen and oxygen atoms in total. The van der Waals surface area contributed by atoms with Crippen LogP contribution in [0.25, 0.3) is 0 Å². The molecule has 0 spiro atoms. The summed E-state index contributed by atoms with van der Waals surface area (Å²) in [5, 5.41) is 0. The van der Waals surface area contributed by atoms with E-state index in [4.69, 9.17) is 10.7 Å². The molecular weight excluding hydrogens is 212 g/mol. The molecule has 0 amide bonds. The molecule has 1 fully saturated rings. The number of hydrogen-bond acceptors (Lipinski definition) is 3. The monoisotopic (exact) mass is 234 g/mol. The lowest BCUT2D eigenvalue weighted by Gasteiger charge is -2.35. The Morgan fingerprint density at radius 2 is 2.06 bits per heavy atom. The zero-order valence-corrected chi connectivity index (χ0v) is 10.3. The van der Waals surface area contributed by atoms with Gasteiger partial charge in [0.2, 0.25) is 0 Å². The highest BCUT2D eigenvalue weighted by molar-refractivity contribution is 5.14. The summed E-state index contributed by atoms with van der Waals surface area (Å²) in [5.41, 5.74) is 1.40. The van der Waals surface area contributed by atoms with E-state index in [1.165, 1.54) is 31.4 Å². The highest BCUT2D eigenvalue weighted by Gasteiger charge is 2.21. The normalized spacial score (nSPS) is 21.6. The summed E-state index contributed by atoms with van der Waals surface area (Å²) in [5.74, 6) is 5.13. The molecule has 1 aliphatic rings. The Kier molecular flexibility index (Phi) is 4.98. The molecule has 17 heavy (non-hydrogen) atoms. The fraction of sp³-hybridized carbons (Fsp3) is 0.571. The van der Waals surface area contributed by atoms with Gasteiger partial charge >= 0.3 is 0 Å². The number of nitrogens with zero attached hydrogens (tertiary/aromatic N) is 1. The van der Waals surface area contributed by atoms with Gasteiger partial charge in [0.15, 0.2) is 0 Å². The molecule has 0 bridgehead atoms. The maximum absolute atomic E-state index is 5.13. The lowest BCUT2D eigenvalue weighted by molar-refractivity contribution is 0.0769. The van der Waals surface area contributed by atoms with Crippen molar-refractivity contribution in [3.05, 3.63) is 35.9 Å². The predicted octanol–water partition coefficient (Wildman–Crippen LogP) is 2.32. The number of benzene rings is 1. The summed E-state index contributed by atoms with van der Waals surface area (Å²) in [7, 11) is 0. The van der Waals surface area contributed by atoms with Crippen LogP contribution in [-0.2, 0) is 11.4 Å². The quantitative estimate of drug-likeness (QED) is 0.795. The van der Waals surface area contributed by atoms with Crippen LogP contribution in [-0.4, -0.2) is 24.1 Å². The Labute approximate surface area is 104 Å². The van der Waals surface area contributed by atoms with Crippen molar-refractivity contribution in [2.45, 2.75) is 38.3 Å². The molecule has 1 heterocycles. The second kappa shape index (κ2) is 6.74. The van der Waals surface area contributed by atoms with E-state index >= 15 is 0 Å². The van der Waals surface area contributed by atoms with E-state index in [1.54, 1.807) is 0 Å². The van der Waals surface area contributed by atoms with Gasteiger partial charge in [-0.3, -0.25) is 4.90 Å². The topological polar surface area (TPSA) is 38.5 Å². The fourth-order valence-corrected chi connectivity index (χ4v) is 2.62. The molecule has 2 N–H and O–H groups in total. The van der Waals surface area contributed by atoms with Gasteiger partial charge in [-0.05, 0) is 31.4 Å². The lowest BCUT2D eigenvalue weighted by Crippen LogP contribution is -2.39. The van der Waals surface area contributed by atoms with Crippen molar-refractivity contribution >= 4 is 0 Å². The molecule has 0 aliphatic carbocycles. The van der Waals surface area contributed by atoms with Crippen molar-refractivity contribution in [1.29, 1.82) is 0 Å². The van der Waals surface area contributed by atoms with E-state index in [9.17, 15) is 0 Å². The largest absolute Gasteiger partial charge is 0.305 e. The van der Waals surface area contributed by atoms with Gasteiger partial charge in [0.25, 0.3) is 0 Å². The minimum Gasteiger partial charge on any atom is -0.305 e. The van der Waals surface area contributed by atoms with Crippen LogP contribution in [0.15, 0.2) is 30.3 Å². The van der Waals surface area contributed by atoms with Crippen LogP contribution in [0.4, 0.5) is 0 Å². The number of hydrogen-bond donors (Lipinski definition) is 1. The SMILES string of the molecule is NOCCC1CCCCN1Cc1ccccc1. The molecule has 0 radical (unpaired) electrons. The Morgan fingerprint density at radius 1 is 1.24 bits per heavy atom. The minimum absolute atomic E-state index is 0.632. The first kappa shape index (κ1) is 12.6. The lowest BCUT2D eigenvalue weighted by atomic mass is 9.99. The third-order valence-electron chi connectivity index (χ3n) is 3.55. The van der Waals surface area contributed by atoms with Gasteiger partial charge in [-0.1, -0.05) is 36.8 Å². The Balaban J connectivity index is 1.92. The summed E-state index contributed by atoms with van der Waals surface area (Å²) in [6.45, 7) is 2.91. The van der Waals surface area contributed by atoms with Crippen LogP contribution < -0.4 is 5.90 Å². The average molecular weight is 234 g/mol. The van der Waals surface area contributed by atoms with Crippen molar-refractivity contribution in [3.8, 4) is 0 Å². The summed E-state index contributed by atoms with van der Waals surface area (Å²) < 4.78 is 0. The molecular formula is C14H22N2O. The number of piperidine rings is 1. The summed E-state index contributed by atoms with van der Waals surface area (Å²) in [6, 6.07) is 11.3. The Morgan fingerprint density at radius 3 is 2.82 bits per heavy atom. The third kappa shape index (κ3) is 3.80. The van der Waals surface area contributed by atoms with Gasteiger partial charge in [0.05, 0.1) is 6.61 Å². The standard InChI is InChI=1S/C14H22N2O/c15-17-11-9-14-8-4-5-10-16(14)12-13-6-2-1-3-7-13/h1-3,6-7,14H,4-5,8-12,15H2. The van der Waals surface area contributed by atoms with E-state index in [0.29, 0.717) is 12.6 Å².